The van der Waals surface area contributed by atoms with Gasteiger partial charge in [-0.3, -0.25) is 4.98 Å². The first kappa shape index (κ1) is 10.1. The molecule has 0 amide bonds. The predicted octanol–water partition coefficient (Wildman–Crippen LogP) is 1.40. The van der Waals surface area contributed by atoms with Crippen LogP contribution in [0.25, 0.3) is 10.9 Å². The Morgan fingerprint density at radius 3 is 2.73 bits per heavy atom. The number of aromatic nitrogens is 1. The Bertz CT molecular complexity index is 480. The Morgan fingerprint density at radius 2 is 2.00 bits per heavy atom. The van der Waals surface area contributed by atoms with E-state index in [-0.39, 0.29) is 6.61 Å². The van der Waals surface area contributed by atoms with Crippen LogP contribution in [-0.4, -0.2) is 16.7 Å². The van der Waals surface area contributed by atoms with Gasteiger partial charge >= 0.3 is 0 Å². The molecule has 1 unspecified atom stereocenters. The lowest BCUT2D eigenvalue weighted by Gasteiger charge is -2.21. The maximum atomic E-state index is 9.15. The minimum absolute atomic E-state index is 0.113. The van der Waals surface area contributed by atoms with E-state index in [1.807, 2.05) is 36.4 Å². The highest BCUT2D eigenvalue weighted by atomic mass is 16.3. The lowest BCUT2D eigenvalue weighted by atomic mass is 9.99. The lowest BCUT2D eigenvalue weighted by molar-refractivity contribution is 0.207. The minimum Gasteiger partial charge on any atom is -0.394 e. The monoisotopic (exact) mass is 202 g/mol. The van der Waals surface area contributed by atoms with Crippen molar-refractivity contribution in [3.8, 4) is 0 Å². The van der Waals surface area contributed by atoms with Gasteiger partial charge in [0.2, 0.25) is 0 Å². The van der Waals surface area contributed by atoms with Crippen molar-refractivity contribution in [1.29, 1.82) is 0 Å². The highest BCUT2D eigenvalue weighted by molar-refractivity contribution is 5.78. The molecule has 78 valence electrons. The number of rotatable bonds is 2. The third-order valence-electron chi connectivity index (χ3n) is 2.51. The topological polar surface area (TPSA) is 59.1 Å². The van der Waals surface area contributed by atoms with Crippen molar-refractivity contribution in [1.82, 2.24) is 4.98 Å². The highest BCUT2D eigenvalue weighted by Crippen LogP contribution is 2.18. The number of pyridine rings is 1. The molecule has 2 rings (SSSR count). The fourth-order valence-corrected chi connectivity index (χ4v) is 1.47. The number of nitrogens with two attached hydrogens (primary N) is 1. The number of hydrogen-bond acceptors (Lipinski definition) is 3. The van der Waals surface area contributed by atoms with Crippen LogP contribution in [-0.2, 0) is 5.54 Å². The average molecular weight is 202 g/mol. The highest BCUT2D eigenvalue weighted by Gasteiger charge is 2.21. The number of aliphatic hydroxyl groups is 1. The van der Waals surface area contributed by atoms with Gasteiger partial charge in [0.05, 0.1) is 23.4 Å². The molecular weight excluding hydrogens is 188 g/mol. The number of benzene rings is 1. The second kappa shape index (κ2) is 3.61. The Balaban J connectivity index is 2.56. The smallest absolute Gasteiger partial charge is 0.0789 e. The zero-order valence-electron chi connectivity index (χ0n) is 8.64. The Kier molecular flexibility index (Phi) is 2.42. The number of para-hydroxylation sites is 1. The predicted molar refractivity (Wildman–Crippen MR) is 60.4 cm³/mol. The van der Waals surface area contributed by atoms with Gasteiger partial charge < -0.3 is 10.8 Å². The molecular formula is C12H14N2O. The second-order valence-electron chi connectivity index (χ2n) is 3.96. The third kappa shape index (κ3) is 1.84. The van der Waals surface area contributed by atoms with Crippen molar-refractivity contribution in [3.63, 3.8) is 0 Å². The van der Waals surface area contributed by atoms with E-state index in [0.717, 1.165) is 10.9 Å². The van der Waals surface area contributed by atoms with Crippen molar-refractivity contribution in [2.45, 2.75) is 12.5 Å². The zero-order valence-corrected chi connectivity index (χ0v) is 8.64. The summed E-state index contributed by atoms with van der Waals surface area (Å²) in [5.41, 5.74) is 6.76. The van der Waals surface area contributed by atoms with Crippen molar-refractivity contribution >= 4 is 10.9 Å². The van der Waals surface area contributed by atoms with E-state index in [0.29, 0.717) is 5.69 Å². The van der Waals surface area contributed by atoms with Gasteiger partial charge in [-0.15, -0.1) is 0 Å². The third-order valence-corrected chi connectivity index (χ3v) is 2.51. The molecule has 3 N–H and O–H groups in total. The SMILES string of the molecule is CC(N)(CO)c1ccc2ccccc2n1. The van der Waals surface area contributed by atoms with Gasteiger partial charge in [0.1, 0.15) is 0 Å². The molecule has 0 saturated heterocycles. The van der Waals surface area contributed by atoms with Crippen LogP contribution >= 0.6 is 0 Å². The molecule has 1 heterocycles. The first-order valence-corrected chi connectivity index (χ1v) is 4.89. The summed E-state index contributed by atoms with van der Waals surface area (Å²) >= 11 is 0. The molecule has 0 spiro atoms. The van der Waals surface area contributed by atoms with Crippen LogP contribution in [0.1, 0.15) is 12.6 Å². The fraction of sp³-hybridized carbons (Fsp3) is 0.250. The molecule has 0 aliphatic heterocycles. The molecule has 0 radical (unpaired) electrons. The molecule has 2 aromatic rings. The molecule has 1 aromatic heterocycles. The minimum atomic E-state index is -0.774. The molecule has 0 fully saturated rings. The van der Waals surface area contributed by atoms with Gasteiger partial charge in [-0.2, -0.15) is 0 Å². The van der Waals surface area contributed by atoms with Crippen LogP contribution in [0, 0.1) is 0 Å². The van der Waals surface area contributed by atoms with Gasteiger partial charge in [-0.05, 0) is 19.1 Å². The quantitative estimate of drug-likeness (QED) is 0.774. The number of fused-ring (bicyclic) bond motifs is 1. The van der Waals surface area contributed by atoms with Crippen LogP contribution in [0.5, 0.6) is 0 Å². The zero-order chi connectivity index (χ0) is 10.9. The van der Waals surface area contributed by atoms with Crippen LogP contribution in [0.4, 0.5) is 0 Å². The largest absolute Gasteiger partial charge is 0.394 e. The van der Waals surface area contributed by atoms with E-state index in [9.17, 15) is 0 Å². The van der Waals surface area contributed by atoms with Crippen LogP contribution in [0.3, 0.4) is 0 Å². The molecule has 0 aliphatic rings. The first-order chi connectivity index (χ1) is 7.13. The van der Waals surface area contributed by atoms with Gasteiger partial charge in [0.15, 0.2) is 0 Å². The van der Waals surface area contributed by atoms with Crippen molar-refractivity contribution in [2.75, 3.05) is 6.61 Å². The summed E-state index contributed by atoms with van der Waals surface area (Å²) in [4.78, 5) is 4.43. The summed E-state index contributed by atoms with van der Waals surface area (Å²) in [7, 11) is 0. The Morgan fingerprint density at radius 1 is 1.27 bits per heavy atom. The maximum absolute atomic E-state index is 9.15. The van der Waals surface area contributed by atoms with E-state index >= 15 is 0 Å². The number of nitrogens with zero attached hydrogens (tertiary/aromatic N) is 1. The van der Waals surface area contributed by atoms with Crippen LogP contribution in [0.2, 0.25) is 0 Å². The van der Waals surface area contributed by atoms with Crippen molar-refractivity contribution in [2.24, 2.45) is 5.73 Å². The summed E-state index contributed by atoms with van der Waals surface area (Å²) in [6.45, 7) is 1.66. The summed E-state index contributed by atoms with van der Waals surface area (Å²) in [6.07, 6.45) is 0. The fourth-order valence-electron chi connectivity index (χ4n) is 1.47. The standard InChI is InChI=1S/C12H14N2O/c1-12(13,8-15)11-7-6-9-4-2-3-5-10(9)14-11/h2-7,15H,8,13H2,1H3. The average Bonchev–Trinajstić information content (AvgIpc) is 2.28. The van der Waals surface area contributed by atoms with E-state index in [1.54, 1.807) is 6.92 Å². The van der Waals surface area contributed by atoms with Crippen LogP contribution in [0.15, 0.2) is 36.4 Å². The van der Waals surface area contributed by atoms with Crippen LogP contribution < -0.4 is 5.73 Å². The molecule has 3 heteroatoms. The molecule has 0 bridgehead atoms. The van der Waals surface area contributed by atoms with Gasteiger partial charge in [-0.1, -0.05) is 24.3 Å². The Labute approximate surface area is 88.6 Å². The molecule has 15 heavy (non-hydrogen) atoms. The van der Waals surface area contributed by atoms with E-state index in [1.165, 1.54) is 0 Å². The Hall–Kier alpha value is -1.45. The van der Waals surface area contributed by atoms with E-state index in [4.69, 9.17) is 10.8 Å². The van der Waals surface area contributed by atoms with E-state index in [2.05, 4.69) is 4.98 Å². The summed E-state index contributed by atoms with van der Waals surface area (Å²) < 4.78 is 0. The lowest BCUT2D eigenvalue weighted by Crippen LogP contribution is -2.37. The number of hydrogen-bond donors (Lipinski definition) is 2. The van der Waals surface area contributed by atoms with Crippen molar-refractivity contribution < 1.29 is 5.11 Å². The summed E-state index contributed by atoms with van der Waals surface area (Å²) in [5.74, 6) is 0. The van der Waals surface area contributed by atoms with Gasteiger partial charge in [0, 0.05) is 5.39 Å². The summed E-state index contributed by atoms with van der Waals surface area (Å²) in [5, 5.41) is 10.2. The van der Waals surface area contributed by atoms with Crippen molar-refractivity contribution in [3.05, 3.63) is 42.1 Å². The molecule has 0 saturated carbocycles. The molecule has 1 aromatic carbocycles. The number of aliphatic hydroxyl groups excluding tert-OH is 1. The first-order valence-electron chi connectivity index (χ1n) is 4.89. The summed E-state index contributed by atoms with van der Waals surface area (Å²) in [6, 6.07) is 11.7. The molecule has 0 aliphatic carbocycles. The normalized spacial score (nSPS) is 15.1. The molecule has 3 nitrogen and oxygen atoms in total. The second-order valence-corrected chi connectivity index (χ2v) is 3.96. The van der Waals surface area contributed by atoms with E-state index < -0.39 is 5.54 Å². The molecule has 1 atom stereocenters. The van der Waals surface area contributed by atoms with Gasteiger partial charge in [-0.25, -0.2) is 0 Å². The maximum Gasteiger partial charge on any atom is 0.0789 e. The van der Waals surface area contributed by atoms with Gasteiger partial charge in [0.25, 0.3) is 0 Å².